The summed E-state index contributed by atoms with van der Waals surface area (Å²) in [7, 11) is 1.74. The number of hydrogen-bond donors (Lipinski definition) is 3. The summed E-state index contributed by atoms with van der Waals surface area (Å²) in [5, 5.41) is 10.6. The number of ether oxygens (including phenoxy) is 1. The molecule has 8 saturated carbocycles. The molecule has 2 heterocycles. The zero-order chi connectivity index (χ0) is 35.2. The van der Waals surface area contributed by atoms with Crippen molar-refractivity contribution < 1.29 is 14.3 Å². The van der Waals surface area contributed by atoms with E-state index in [1.54, 1.807) is 7.11 Å². The minimum Gasteiger partial charge on any atom is -0.497 e. The van der Waals surface area contributed by atoms with Gasteiger partial charge in [-0.05, 0) is 179 Å². The van der Waals surface area contributed by atoms with Crippen LogP contribution in [-0.4, -0.2) is 69.1 Å². The Labute approximate surface area is 310 Å². The topological polar surface area (TPSA) is 82.7 Å². The second-order valence-electron chi connectivity index (χ2n) is 19.6. The maximum absolute atomic E-state index is 14.7. The Hall–Kier alpha value is -2.90. The lowest BCUT2D eigenvalue weighted by Gasteiger charge is -2.66. The predicted octanol–water partition coefficient (Wildman–Crippen LogP) is 6.38. The smallest absolute Gasteiger partial charge is 0.228 e. The Balaban J connectivity index is 0.979. The number of hydrogen-bond acceptors (Lipinski definition) is 5. The normalized spacial score (nSPS) is 40.8. The molecule has 7 nitrogen and oxygen atoms in total. The third-order valence-corrected chi connectivity index (χ3v) is 16.2. The van der Waals surface area contributed by atoms with Crippen LogP contribution in [0.1, 0.15) is 113 Å². The van der Waals surface area contributed by atoms with Crippen LogP contribution in [0.4, 0.5) is 0 Å². The van der Waals surface area contributed by atoms with Crippen molar-refractivity contribution >= 4 is 11.8 Å². The van der Waals surface area contributed by atoms with Crippen molar-refractivity contribution in [3.05, 3.63) is 65.2 Å². The van der Waals surface area contributed by atoms with Crippen LogP contribution in [0.5, 0.6) is 5.75 Å². The average molecular weight is 705 g/mol. The third kappa shape index (κ3) is 5.33. The van der Waals surface area contributed by atoms with Crippen molar-refractivity contribution in [2.45, 2.75) is 119 Å². The molecule has 52 heavy (non-hydrogen) atoms. The highest BCUT2D eigenvalue weighted by molar-refractivity contribution is 5.85. The predicted molar refractivity (Wildman–Crippen MR) is 203 cm³/mol. The molecule has 3 N–H and O–H groups in total. The van der Waals surface area contributed by atoms with E-state index >= 15 is 0 Å². The molecular weight excluding hydrogens is 645 g/mol. The summed E-state index contributed by atoms with van der Waals surface area (Å²) < 4.78 is 5.58. The van der Waals surface area contributed by atoms with Gasteiger partial charge in [-0.2, -0.15) is 0 Å². The van der Waals surface area contributed by atoms with Gasteiger partial charge >= 0.3 is 0 Å². The molecule has 278 valence electrons. The van der Waals surface area contributed by atoms with Crippen LogP contribution in [0.2, 0.25) is 0 Å². The number of carbonyl (C=O) groups excluding carboxylic acids is 2. The van der Waals surface area contributed by atoms with Crippen LogP contribution in [0.25, 0.3) is 0 Å². The number of nitrogens with zero attached hydrogens (tertiary/aromatic N) is 1. The summed E-state index contributed by atoms with van der Waals surface area (Å²) >= 11 is 0. The molecule has 10 fully saturated rings. The van der Waals surface area contributed by atoms with Gasteiger partial charge in [-0.3, -0.25) is 9.59 Å². The second-order valence-corrected chi connectivity index (χ2v) is 19.6. The van der Waals surface area contributed by atoms with Gasteiger partial charge in [-0.15, -0.1) is 0 Å². The van der Waals surface area contributed by atoms with E-state index in [4.69, 9.17) is 4.74 Å². The fraction of sp³-hybridized carbons (Fsp3) is 0.689. The van der Waals surface area contributed by atoms with Gasteiger partial charge in [-0.25, -0.2) is 0 Å². The van der Waals surface area contributed by atoms with Crippen molar-refractivity contribution in [1.29, 1.82) is 0 Å². The minimum atomic E-state index is -0.335. The van der Waals surface area contributed by atoms with Gasteiger partial charge in [0.25, 0.3) is 0 Å². The monoisotopic (exact) mass is 704 g/mol. The zero-order valence-corrected chi connectivity index (χ0v) is 31.4. The van der Waals surface area contributed by atoms with E-state index in [0.29, 0.717) is 29.6 Å². The summed E-state index contributed by atoms with van der Waals surface area (Å²) in [5.41, 5.74) is 3.90. The molecule has 2 aromatic rings. The SMILES string of the molecule is COc1ccc(C23CC4CC(C(=O)NC5CCNCC5)(C2)CC(c2ccc(C56CC7CC(CC(C(=O)N8CCCNCC8)(C7)C5)C6)cc2)(C4)C3)cc1. The summed E-state index contributed by atoms with van der Waals surface area (Å²) in [5.74, 6) is 3.57. The molecule has 0 spiro atoms. The standard InChI is InChI=1S/C45H60N4O3/c1-52-38-9-7-36(8-10-38)44-25-33-24-43(28-44,29-45(26-33,30-44)39(50)48-37-11-14-47-15-12-37)35-5-3-34(4-6-35)41-20-31-19-32(21-41)23-42(22-31,27-41)40(51)49-17-2-13-46-16-18-49/h3-10,31-33,37,46-47H,2,11-30H2,1H3,(H,48,50). The molecule has 2 aromatic carbocycles. The lowest BCUT2D eigenvalue weighted by molar-refractivity contribution is -0.160. The molecule has 7 heteroatoms. The van der Waals surface area contributed by atoms with E-state index in [0.717, 1.165) is 109 Å². The van der Waals surface area contributed by atoms with E-state index < -0.39 is 0 Å². The summed E-state index contributed by atoms with van der Waals surface area (Å²) in [6.07, 6.45) is 16.6. The first kappa shape index (κ1) is 33.7. The summed E-state index contributed by atoms with van der Waals surface area (Å²) in [6.45, 7) is 5.68. The van der Waals surface area contributed by atoms with E-state index in [1.807, 2.05) is 0 Å². The van der Waals surface area contributed by atoms with E-state index in [-0.39, 0.29) is 33.1 Å². The molecule has 8 bridgehead atoms. The van der Waals surface area contributed by atoms with Crippen molar-refractivity contribution in [2.24, 2.45) is 28.6 Å². The second kappa shape index (κ2) is 12.3. The van der Waals surface area contributed by atoms with Crippen LogP contribution in [-0.2, 0) is 25.8 Å². The largest absolute Gasteiger partial charge is 0.497 e. The highest BCUT2D eigenvalue weighted by Gasteiger charge is 2.67. The Kier molecular flexibility index (Phi) is 7.97. The first-order valence-corrected chi connectivity index (χ1v) is 21.0. The molecular formula is C45H60N4O3. The van der Waals surface area contributed by atoms with Crippen molar-refractivity contribution in [3.63, 3.8) is 0 Å². The van der Waals surface area contributed by atoms with Gasteiger partial charge in [0.2, 0.25) is 11.8 Å². The Bertz CT molecular complexity index is 1680. The maximum atomic E-state index is 14.7. The zero-order valence-electron chi connectivity index (χ0n) is 31.4. The van der Waals surface area contributed by atoms with Gasteiger partial charge in [0.1, 0.15) is 5.75 Å². The van der Waals surface area contributed by atoms with Crippen LogP contribution in [0.3, 0.4) is 0 Å². The number of nitrogens with one attached hydrogen (secondary N) is 3. The molecule has 6 unspecified atom stereocenters. The molecule has 8 aliphatic carbocycles. The molecule has 12 rings (SSSR count). The molecule has 2 amide bonds. The highest BCUT2D eigenvalue weighted by atomic mass is 16.5. The maximum Gasteiger partial charge on any atom is 0.228 e. The van der Waals surface area contributed by atoms with E-state index in [2.05, 4.69) is 69.4 Å². The van der Waals surface area contributed by atoms with Gasteiger partial charge in [-0.1, -0.05) is 36.4 Å². The first-order valence-electron chi connectivity index (χ1n) is 21.0. The number of methoxy groups -OCH3 is 1. The number of carbonyl (C=O) groups is 2. The van der Waals surface area contributed by atoms with Crippen LogP contribution in [0.15, 0.2) is 48.5 Å². The number of rotatable bonds is 7. The average Bonchev–Trinajstić information content (AvgIpc) is 3.44. The number of amides is 2. The molecule has 2 aliphatic heterocycles. The van der Waals surface area contributed by atoms with Crippen molar-refractivity contribution in [1.82, 2.24) is 20.9 Å². The number of piperidine rings is 1. The molecule has 6 atom stereocenters. The van der Waals surface area contributed by atoms with Gasteiger partial charge in [0.05, 0.1) is 17.9 Å². The lowest BCUT2D eigenvalue weighted by Crippen LogP contribution is -2.64. The Morgan fingerprint density at radius 3 is 1.87 bits per heavy atom. The summed E-state index contributed by atoms with van der Waals surface area (Å²) in [4.78, 5) is 31.3. The lowest BCUT2D eigenvalue weighted by atomic mass is 9.37. The van der Waals surface area contributed by atoms with Crippen molar-refractivity contribution in [3.8, 4) is 5.75 Å². The summed E-state index contributed by atoms with van der Waals surface area (Å²) in [6, 6.07) is 19.1. The van der Waals surface area contributed by atoms with Gasteiger partial charge in [0.15, 0.2) is 0 Å². The molecule has 0 aromatic heterocycles. The first-order chi connectivity index (χ1) is 25.2. The fourth-order valence-corrected chi connectivity index (χ4v) is 15.0. The van der Waals surface area contributed by atoms with E-state index in [1.165, 1.54) is 48.8 Å². The van der Waals surface area contributed by atoms with Gasteiger partial charge < -0.3 is 25.6 Å². The fourth-order valence-electron chi connectivity index (χ4n) is 15.0. The van der Waals surface area contributed by atoms with Crippen LogP contribution >= 0.6 is 0 Å². The minimum absolute atomic E-state index is 0.00859. The number of benzene rings is 2. The molecule has 10 aliphatic rings. The van der Waals surface area contributed by atoms with Gasteiger partial charge in [0, 0.05) is 25.7 Å². The Morgan fingerprint density at radius 1 is 0.654 bits per heavy atom. The molecule has 0 radical (unpaired) electrons. The van der Waals surface area contributed by atoms with Crippen LogP contribution in [0, 0.1) is 28.6 Å². The highest BCUT2D eigenvalue weighted by Crippen LogP contribution is 2.71. The van der Waals surface area contributed by atoms with Crippen molar-refractivity contribution in [2.75, 3.05) is 46.4 Å². The third-order valence-electron chi connectivity index (χ3n) is 16.2. The van der Waals surface area contributed by atoms with E-state index in [9.17, 15) is 9.59 Å². The molecule has 2 saturated heterocycles. The quantitative estimate of drug-likeness (QED) is 0.312. The van der Waals surface area contributed by atoms with Crippen LogP contribution < -0.4 is 20.7 Å². The Morgan fingerprint density at radius 2 is 1.21 bits per heavy atom.